The minimum Gasteiger partial charge on any atom is -0.333 e. The standard InChI is InChI=1S/C18H12N6O2S2/c25-16-12-9-19-24(11-5-2-1-3-6-11)15(12)21-18(22-16)28-10-14-20-17(26-23-14)13-7-4-8-27-13/h1-9H,10H2,(H,21,22,25). The Morgan fingerprint density at radius 2 is 2.04 bits per heavy atom. The first-order valence-corrected chi connectivity index (χ1v) is 10.2. The second-order valence-electron chi connectivity index (χ2n) is 5.78. The molecule has 0 saturated carbocycles. The van der Waals surface area contributed by atoms with Crippen molar-refractivity contribution in [2.24, 2.45) is 0 Å². The number of fused-ring (bicyclic) bond motifs is 1. The fourth-order valence-electron chi connectivity index (χ4n) is 2.67. The van der Waals surface area contributed by atoms with Crippen LogP contribution < -0.4 is 5.56 Å². The van der Waals surface area contributed by atoms with E-state index in [4.69, 9.17) is 4.52 Å². The molecule has 10 heteroatoms. The molecule has 1 N–H and O–H groups in total. The lowest BCUT2D eigenvalue weighted by atomic mass is 10.3. The van der Waals surface area contributed by atoms with Crippen molar-refractivity contribution in [3.8, 4) is 16.5 Å². The molecular formula is C18H12N6O2S2. The molecule has 0 spiro atoms. The third-order valence-corrected chi connectivity index (χ3v) is 5.68. The van der Waals surface area contributed by atoms with Crippen LogP contribution in [0.4, 0.5) is 0 Å². The van der Waals surface area contributed by atoms with Gasteiger partial charge in [-0.25, -0.2) is 9.67 Å². The molecule has 0 aliphatic heterocycles. The van der Waals surface area contributed by atoms with Crippen LogP contribution in [0.3, 0.4) is 0 Å². The third-order valence-electron chi connectivity index (χ3n) is 3.96. The van der Waals surface area contributed by atoms with Gasteiger partial charge in [0, 0.05) is 0 Å². The molecule has 4 heterocycles. The van der Waals surface area contributed by atoms with Crippen molar-refractivity contribution in [1.82, 2.24) is 29.9 Å². The Morgan fingerprint density at radius 1 is 1.14 bits per heavy atom. The van der Waals surface area contributed by atoms with E-state index in [1.54, 1.807) is 4.68 Å². The minimum atomic E-state index is -0.234. The van der Waals surface area contributed by atoms with E-state index in [1.165, 1.54) is 29.3 Å². The van der Waals surface area contributed by atoms with Crippen LogP contribution in [-0.4, -0.2) is 29.9 Å². The maximum atomic E-state index is 12.4. The van der Waals surface area contributed by atoms with E-state index in [0.29, 0.717) is 33.7 Å². The highest BCUT2D eigenvalue weighted by Gasteiger charge is 2.14. The maximum absolute atomic E-state index is 12.4. The molecule has 4 aromatic heterocycles. The van der Waals surface area contributed by atoms with Gasteiger partial charge in [-0.1, -0.05) is 41.2 Å². The zero-order chi connectivity index (χ0) is 18.9. The first-order chi connectivity index (χ1) is 13.8. The van der Waals surface area contributed by atoms with E-state index < -0.39 is 0 Å². The van der Waals surface area contributed by atoms with Crippen LogP contribution in [0, 0.1) is 0 Å². The number of benzene rings is 1. The predicted octanol–water partition coefficient (Wildman–Crippen LogP) is 3.51. The monoisotopic (exact) mass is 408 g/mol. The number of hydrogen-bond donors (Lipinski definition) is 1. The van der Waals surface area contributed by atoms with Crippen LogP contribution in [0.2, 0.25) is 0 Å². The average Bonchev–Trinajstić information content (AvgIpc) is 3.46. The van der Waals surface area contributed by atoms with E-state index in [1.807, 2.05) is 47.8 Å². The Kier molecular flexibility index (Phi) is 4.26. The fourth-order valence-corrected chi connectivity index (χ4v) is 4.01. The number of aromatic nitrogens is 6. The normalized spacial score (nSPS) is 11.3. The summed E-state index contributed by atoms with van der Waals surface area (Å²) in [6.07, 6.45) is 1.52. The molecule has 0 unspecified atom stereocenters. The summed E-state index contributed by atoms with van der Waals surface area (Å²) in [5.41, 5.74) is 1.11. The number of H-pyrrole nitrogens is 1. The smallest absolute Gasteiger partial charge is 0.268 e. The predicted molar refractivity (Wildman–Crippen MR) is 107 cm³/mol. The molecule has 5 aromatic rings. The summed E-state index contributed by atoms with van der Waals surface area (Å²) in [5, 5.41) is 11.2. The van der Waals surface area contributed by atoms with Crippen LogP contribution in [-0.2, 0) is 5.75 Å². The molecule has 0 fully saturated rings. The zero-order valence-corrected chi connectivity index (χ0v) is 15.9. The van der Waals surface area contributed by atoms with Gasteiger partial charge in [0.1, 0.15) is 5.39 Å². The number of nitrogens with zero attached hydrogens (tertiary/aromatic N) is 5. The van der Waals surface area contributed by atoms with Gasteiger partial charge in [-0.15, -0.1) is 11.3 Å². The van der Waals surface area contributed by atoms with Crippen molar-refractivity contribution in [2.75, 3.05) is 0 Å². The molecule has 1 aromatic carbocycles. The summed E-state index contributed by atoms with van der Waals surface area (Å²) >= 11 is 2.87. The topological polar surface area (TPSA) is 102 Å². The first-order valence-electron chi connectivity index (χ1n) is 8.31. The lowest BCUT2D eigenvalue weighted by Crippen LogP contribution is -2.09. The van der Waals surface area contributed by atoms with Crippen molar-refractivity contribution in [1.29, 1.82) is 0 Å². The quantitative estimate of drug-likeness (QED) is 0.351. The van der Waals surface area contributed by atoms with Gasteiger partial charge in [-0.2, -0.15) is 10.1 Å². The van der Waals surface area contributed by atoms with E-state index in [-0.39, 0.29) is 5.56 Å². The Hall–Kier alpha value is -3.24. The zero-order valence-electron chi connectivity index (χ0n) is 14.3. The van der Waals surface area contributed by atoms with Crippen LogP contribution in [0.25, 0.3) is 27.5 Å². The number of thioether (sulfide) groups is 1. The number of para-hydroxylation sites is 1. The molecule has 138 valence electrons. The van der Waals surface area contributed by atoms with E-state index >= 15 is 0 Å². The van der Waals surface area contributed by atoms with E-state index in [2.05, 4.69) is 25.2 Å². The highest BCUT2D eigenvalue weighted by Crippen LogP contribution is 2.25. The summed E-state index contributed by atoms with van der Waals surface area (Å²) in [6, 6.07) is 13.4. The molecular weight excluding hydrogens is 396 g/mol. The molecule has 0 amide bonds. The molecule has 0 aliphatic rings. The number of aromatic amines is 1. The van der Waals surface area contributed by atoms with Crippen molar-refractivity contribution in [3.05, 3.63) is 70.2 Å². The van der Waals surface area contributed by atoms with Gasteiger partial charge in [0.2, 0.25) is 0 Å². The van der Waals surface area contributed by atoms with Crippen molar-refractivity contribution in [3.63, 3.8) is 0 Å². The summed E-state index contributed by atoms with van der Waals surface area (Å²) in [6.45, 7) is 0. The van der Waals surface area contributed by atoms with Crippen LogP contribution >= 0.6 is 23.1 Å². The van der Waals surface area contributed by atoms with Crippen LogP contribution in [0.5, 0.6) is 0 Å². The van der Waals surface area contributed by atoms with Gasteiger partial charge in [0.15, 0.2) is 16.6 Å². The summed E-state index contributed by atoms with van der Waals surface area (Å²) in [7, 11) is 0. The lowest BCUT2D eigenvalue weighted by Gasteiger charge is -2.03. The maximum Gasteiger partial charge on any atom is 0.268 e. The summed E-state index contributed by atoms with van der Waals surface area (Å²) < 4.78 is 6.94. The van der Waals surface area contributed by atoms with Crippen LogP contribution in [0.15, 0.2) is 68.5 Å². The van der Waals surface area contributed by atoms with Gasteiger partial charge in [0.05, 0.1) is 22.5 Å². The second kappa shape index (κ2) is 7.06. The Labute approximate surface area is 166 Å². The Balaban J connectivity index is 1.43. The van der Waals surface area contributed by atoms with Crippen molar-refractivity contribution in [2.45, 2.75) is 10.9 Å². The summed E-state index contributed by atoms with van der Waals surface area (Å²) in [4.78, 5) is 25.1. The highest BCUT2D eigenvalue weighted by atomic mass is 32.2. The number of rotatable bonds is 5. The van der Waals surface area contributed by atoms with Gasteiger partial charge >= 0.3 is 0 Å². The highest BCUT2D eigenvalue weighted by molar-refractivity contribution is 7.98. The minimum absolute atomic E-state index is 0.234. The Bertz CT molecular complexity index is 1290. The van der Waals surface area contributed by atoms with Gasteiger partial charge in [-0.3, -0.25) is 4.79 Å². The van der Waals surface area contributed by atoms with Gasteiger partial charge in [-0.05, 0) is 23.6 Å². The van der Waals surface area contributed by atoms with Gasteiger partial charge in [0.25, 0.3) is 11.4 Å². The lowest BCUT2D eigenvalue weighted by molar-refractivity contribution is 0.426. The molecule has 28 heavy (non-hydrogen) atoms. The molecule has 0 aliphatic carbocycles. The fraction of sp³-hybridized carbons (Fsp3) is 0.0556. The van der Waals surface area contributed by atoms with Gasteiger partial charge < -0.3 is 9.51 Å². The molecule has 8 nitrogen and oxygen atoms in total. The van der Waals surface area contributed by atoms with E-state index in [9.17, 15) is 4.79 Å². The number of hydrogen-bond acceptors (Lipinski definition) is 8. The number of thiophene rings is 1. The van der Waals surface area contributed by atoms with E-state index in [0.717, 1.165) is 10.6 Å². The molecule has 5 rings (SSSR count). The third kappa shape index (κ3) is 3.12. The molecule has 0 bridgehead atoms. The SMILES string of the molecule is O=c1[nH]c(SCc2noc(-c3cccs3)n2)nc2c1cnn2-c1ccccc1. The molecule has 0 saturated heterocycles. The largest absolute Gasteiger partial charge is 0.333 e. The number of nitrogens with one attached hydrogen (secondary N) is 1. The van der Waals surface area contributed by atoms with Crippen LogP contribution in [0.1, 0.15) is 5.82 Å². The molecule has 0 radical (unpaired) electrons. The summed E-state index contributed by atoms with van der Waals surface area (Å²) in [5.74, 6) is 1.44. The van der Waals surface area contributed by atoms with Crippen molar-refractivity contribution < 1.29 is 4.52 Å². The second-order valence-corrected chi connectivity index (χ2v) is 7.69. The Morgan fingerprint density at radius 3 is 2.86 bits per heavy atom. The van der Waals surface area contributed by atoms with Crippen molar-refractivity contribution >= 4 is 34.1 Å². The first kappa shape index (κ1) is 16.9. The average molecular weight is 408 g/mol. The molecule has 0 atom stereocenters.